The maximum absolute atomic E-state index is 10.5. The summed E-state index contributed by atoms with van der Waals surface area (Å²) in [6, 6.07) is 8.24. The molecule has 0 saturated carbocycles. The summed E-state index contributed by atoms with van der Waals surface area (Å²) in [7, 11) is -4.02. The van der Waals surface area contributed by atoms with Crippen molar-refractivity contribution in [3.63, 3.8) is 0 Å². The molecule has 2 N–H and O–H groups in total. The van der Waals surface area contributed by atoms with Crippen LogP contribution in [0.4, 0.5) is 0 Å². The highest BCUT2D eigenvalue weighted by Crippen LogP contribution is 2.08. The number of nitrogens with one attached hydrogen (secondary N) is 1. The van der Waals surface area contributed by atoms with Gasteiger partial charge in [0.15, 0.2) is 0 Å². The Labute approximate surface area is 111 Å². The minimum absolute atomic E-state index is 0.0666. The minimum Gasteiger partial charge on any atom is -0.292 e. The van der Waals surface area contributed by atoms with Crippen molar-refractivity contribution in [3.8, 4) is 6.07 Å². The Balaban J connectivity index is 0.000000199. The first-order valence-electron chi connectivity index (χ1n) is 5.18. The summed E-state index contributed by atoms with van der Waals surface area (Å²) < 4.78 is 29.6. The van der Waals surface area contributed by atoms with E-state index in [2.05, 4.69) is 11.4 Å². The normalized spacial score (nSPS) is 18.6. The van der Waals surface area contributed by atoms with Crippen molar-refractivity contribution in [2.75, 3.05) is 11.6 Å². The van der Waals surface area contributed by atoms with E-state index in [4.69, 9.17) is 9.81 Å². The molecule has 0 bridgehead atoms. The molecule has 18 heavy (non-hydrogen) atoms. The lowest BCUT2D eigenvalue weighted by Gasteiger charge is -1.95. The van der Waals surface area contributed by atoms with Gasteiger partial charge in [-0.05, 0) is 19.1 Å². The van der Waals surface area contributed by atoms with E-state index in [-0.39, 0.29) is 10.9 Å². The van der Waals surface area contributed by atoms with E-state index in [0.29, 0.717) is 0 Å². The monoisotopic (exact) mass is 286 g/mol. The van der Waals surface area contributed by atoms with Crippen LogP contribution in [0.25, 0.3) is 0 Å². The van der Waals surface area contributed by atoms with Crippen LogP contribution in [0, 0.1) is 18.3 Å². The van der Waals surface area contributed by atoms with Crippen LogP contribution < -0.4 is 5.32 Å². The molecule has 5 nitrogen and oxygen atoms in total. The molecule has 0 aliphatic carbocycles. The van der Waals surface area contributed by atoms with Gasteiger partial charge in [0.2, 0.25) is 0 Å². The number of aryl methyl sites for hydroxylation is 1. The van der Waals surface area contributed by atoms with Crippen LogP contribution in [0.2, 0.25) is 0 Å². The summed E-state index contributed by atoms with van der Waals surface area (Å²) in [6.45, 7) is 1.84. The van der Waals surface area contributed by atoms with Gasteiger partial charge in [-0.1, -0.05) is 17.7 Å². The molecule has 1 unspecified atom stereocenters. The van der Waals surface area contributed by atoms with Crippen molar-refractivity contribution >= 4 is 21.9 Å². The summed E-state index contributed by atoms with van der Waals surface area (Å²) in [6.07, 6.45) is 0. The molecule has 0 amide bonds. The molecule has 1 aliphatic heterocycles. The highest BCUT2D eigenvalue weighted by molar-refractivity contribution is 7.99. The molecule has 1 atom stereocenters. The van der Waals surface area contributed by atoms with Crippen molar-refractivity contribution in [2.24, 2.45) is 0 Å². The molecule has 7 heteroatoms. The Hall–Kier alpha value is -1.07. The molecule has 0 spiro atoms. The summed E-state index contributed by atoms with van der Waals surface area (Å²) in [5.41, 5.74) is 0.956. The third-order valence-corrected chi connectivity index (χ3v) is 4.00. The molecule has 1 heterocycles. The maximum Gasteiger partial charge on any atom is 0.294 e. The Morgan fingerprint density at radius 2 is 2.06 bits per heavy atom. The fourth-order valence-corrected chi connectivity index (χ4v) is 2.53. The third kappa shape index (κ3) is 5.06. The Morgan fingerprint density at radius 1 is 1.44 bits per heavy atom. The van der Waals surface area contributed by atoms with Crippen LogP contribution in [-0.2, 0) is 10.1 Å². The maximum atomic E-state index is 10.5. The topological polar surface area (TPSA) is 90.2 Å². The van der Waals surface area contributed by atoms with Gasteiger partial charge in [0.05, 0.1) is 11.0 Å². The lowest BCUT2D eigenvalue weighted by molar-refractivity contribution is 0.483. The van der Waals surface area contributed by atoms with Gasteiger partial charge < -0.3 is 0 Å². The lowest BCUT2D eigenvalue weighted by Crippen LogP contribution is -2.20. The number of hydrogen-bond acceptors (Lipinski definition) is 5. The van der Waals surface area contributed by atoms with Crippen molar-refractivity contribution in [2.45, 2.75) is 17.9 Å². The largest absolute Gasteiger partial charge is 0.294 e. The van der Waals surface area contributed by atoms with Crippen LogP contribution in [0.3, 0.4) is 0 Å². The number of benzene rings is 1. The second-order valence-electron chi connectivity index (χ2n) is 3.69. The van der Waals surface area contributed by atoms with Gasteiger partial charge in [-0.3, -0.25) is 9.87 Å². The Bertz CT molecular complexity index is 514. The molecule has 1 saturated heterocycles. The average molecular weight is 286 g/mol. The zero-order valence-corrected chi connectivity index (χ0v) is 11.5. The van der Waals surface area contributed by atoms with Gasteiger partial charge >= 0.3 is 0 Å². The second-order valence-corrected chi connectivity index (χ2v) is 6.14. The molecular weight excluding hydrogens is 272 g/mol. The predicted octanol–water partition coefficient (Wildman–Crippen LogP) is 1.41. The molecule has 1 fully saturated rings. The predicted molar refractivity (Wildman–Crippen MR) is 70.9 cm³/mol. The minimum atomic E-state index is -4.02. The van der Waals surface area contributed by atoms with Gasteiger partial charge in [0.25, 0.3) is 10.1 Å². The Morgan fingerprint density at radius 3 is 2.39 bits per heavy atom. The second kappa shape index (κ2) is 6.75. The van der Waals surface area contributed by atoms with Gasteiger partial charge in [0, 0.05) is 11.6 Å². The summed E-state index contributed by atoms with van der Waals surface area (Å²) >= 11 is 1.77. The van der Waals surface area contributed by atoms with E-state index < -0.39 is 10.1 Å². The number of thioether (sulfide) groups is 1. The molecular formula is C11H14N2O3S2. The van der Waals surface area contributed by atoms with Gasteiger partial charge in [0.1, 0.15) is 6.04 Å². The summed E-state index contributed by atoms with van der Waals surface area (Å²) in [5, 5.41) is 11.2. The first-order chi connectivity index (χ1) is 8.43. The molecule has 98 valence electrons. The van der Waals surface area contributed by atoms with Crippen molar-refractivity contribution in [1.29, 1.82) is 5.26 Å². The summed E-state index contributed by atoms with van der Waals surface area (Å²) in [5.74, 6) is 1.90. The van der Waals surface area contributed by atoms with E-state index in [1.165, 1.54) is 12.1 Å². The van der Waals surface area contributed by atoms with Crippen LogP contribution >= 0.6 is 11.8 Å². The third-order valence-electron chi connectivity index (χ3n) is 2.19. The molecule has 1 aromatic carbocycles. The van der Waals surface area contributed by atoms with Gasteiger partial charge in [-0.2, -0.15) is 13.7 Å². The fourth-order valence-electron chi connectivity index (χ4n) is 1.19. The first kappa shape index (κ1) is 15.0. The summed E-state index contributed by atoms with van der Waals surface area (Å²) in [4.78, 5) is -0.0666. The number of nitriles is 1. The van der Waals surface area contributed by atoms with E-state index in [9.17, 15) is 8.42 Å². The van der Waals surface area contributed by atoms with Crippen LogP contribution in [0.15, 0.2) is 29.2 Å². The lowest BCUT2D eigenvalue weighted by atomic mass is 10.2. The smallest absolute Gasteiger partial charge is 0.292 e. The molecule has 0 radical (unpaired) electrons. The number of rotatable bonds is 1. The zero-order chi connectivity index (χ0) is 13.6. The highest BCUT2D eigenvalue weighted by Gasteiger charge is 2.11. The molecule has 0 aromatic heterocycles. The average Bonchev–Trinajstić information content (AvgIpc) is 2.82. The SMILES string of the molecule is Cc1ccc(S(=O)(=O)O)cc1.N#CC1CSCN1. The first-order valence-corrected chi connectivity index (χ1v) is 7.78. The molecule has 1 aliphatic rings. The van der Waals surface area contributed by atoms with E-state index in [0.717, 1.165) is 17.2 Å². The van der Waals surface area contributed by atoms with Crippen molar-refractivity contribution in [3.05, 3.63) is 29.8 Å². The van der Waals surface area contributed by atoms with Gasteiger partial charge in [-0.15, -0.1) is 11.8 Å². The zero-order valence-electron chi connectivity index (χ0n) is 9.83. The van der Waals surface area contributed by atoms with E-state index in [1.807, 2.05) is 6.92 Å². The standard InChI is InChI=1S/C7H8O3S.C4H6N2S/c1-6-2-4-7(5-3-6)11(8,9)10;5-1-4-2-7-3-6-4/h2-5H,1H3,(H,8,9,10);4,6H,2-3H2. The fraction of sp³-hybridized carbons (Fsp3) is 0.364. The van der Waals surface area contributed by atoms with Gasteiger partial charge in [-0.25, -0.2) is 0 Å². The Kier molecular flexibility index (Phi) is 5.62. The van der Waals surface area contributed by atoms with Crippen LogP contribution in [0.1, 0.15) is 5.56 Å². The number of nitrogens with zero attached hydrogens (tertiary/aromatic N) is 1. The van der Waals surface area contributed by atoms with Crippen LogP contribution in [0.5, 0.6) is 0 Å². The highest BCUT2D eigenvalue weighted by atomic mass is 32.2. The van der Waals surface area contributed by atoms with E-state index >= 15 is 0 Å². The van der Waals surface area contributed by atoms with Crippen molar-refractivity contribution < 1.29 is 13.0 Å². The molecule has 2 rings (SSSR count). The molecule has 1 aromatic rings. The van der Waals surface area contributed by atoms with Crippen molar-refractivity contribution in [1.82, 2.24) is 5.32 Å². The van der Waals surface area contributed by atoms with Crippen LogP contribution in [-0.4, -0.2) is 30.6 Å². The van der Waals surface area contributed by atoms with E-state index in [1.54, 1.807) is 23.9 Å². The number of hydrogen-bond donors (Lipinski definition) is 2. The quantitative estimate of drug-likeness (QED) is 0.759.